The number of carbonyl (C=O) groups is 1. The fourth-order valence-electron chi connectivity index (χ4n) is 6.25. The molecule has 0 bridgehead atoms. The van der Waals surface area contributed by atoms with Crippen molar-refractivity contribution in [2.24, 2.45) is 0 Å². The minimum absolute atomic E-state index is 0.0179. The molecule has 0 spiro atoms. The van der Waals surface area contributed by atoms with Crippen molar-refractivity contribution in [1.29, 1.82) is 0 Å². The van der Waals surface area contributed by atoms with Gasteiger partial charge < -0.3 is 19.5 Å². The van der Waals surface area contributed by atoms with Crippen LogP contribution in [0.5, 0.6) is 11.5 Å². The van der Waals surface area contributed by atoms with Crippen LogP contribution < -0.4 is 4.74 Å². The summed E-state index contributed by atoms with van der Waals surface area (Å²) in [5.41, 5.74) is 3.28. The number of aromatic amines is 1. The molecule has 0 saturated carbocycles. The first-order chi connectivity index (χ1) is 23.1. The Labute approximate surface area is 274 Å². The molecule has 0 radical (unpaired) electrons. The fourth-order valence-corrected chi connectivity index (χ4v) is 6.25. The maximum atomic E-state index is 15.0. The van der Waals surface area contributed by atoms with Crippen molar-refractivity contribution in [3.63, 3.8) is 0 Å². The van der Waals surface area contributed by atoms with Crippen LogP contribution in [-0.2, 0) is 36.9 Å². The van der Waals surface area contributed by atoms with E-state index in [0.717, 1.165) is 47.7 Å². The fraction of sp³-hybridized carbons (Fsp3) is 0.314. The van der Waals surface area contributed by atoms with E-state index < -0.39 is 17.6 Å². The largest absolute Gasteiger partial charge is 0.453 e. The molecule has 5 aromatic rings. The van der Waals surface area contributed by atoms with Gasteiger partial charge in [-0.15, -0.1) is 0 Å². The number of H-pyrrole nitrogens is 1. The number of ether oxygens (including phenoxy) is 1. The monoisotopic (exact) mass is 659 g/mol. The molecule has 48 heavy (non-hydrogen) atoms. The van der Waals surface area contributed by atoms with Gasteiger partial charge in [0.25, 0.3) is 0 Å². The van der Waals surface area contributed by atoms with E-state index in [2.05, 4.69) is 24.8 Å². The lowest BCUT2D eigenvalue weighted by Gasteiger charge is -2.32. The van der Waals surface area contributed by atoms with Gasteiger partial charge in [0.2, 0.25) is 5.91 Å². The zero-order valence-corrected chi connectivity index (χ0v) is 26.2. The molecular weight excluding hydrogens is 626 g/mol. The molecule has 13 heteroatoms. The van der Waals surface area contributed by atoms with Gasteiger partial charge in [-0.3, -0.25) is 19.7 Å². The first kappa shape index (κ1) is 31.7. The van der Waals surface area contributed by atoms with E-state index >= 15 is 4.39 Å². The Morgan fingerprint density at radius 3 is 2.52 bits per heavy atom. The summed E-state index contributed by atoms with van der Waals surface area (Å²) in [6.07, 6.45) is 1.58. The number of rotatable bonds is 7. The van der Waals surface area contributed by atoms with Crippen LogP contribution in [0.2, 0.25) is 0 Å². The minimum atomic E-state index is -4.59. The van der Waals surface area contributed by atoms with Gasteiger partial charge in [-0.05, 0) is 66.6 Å². The van der Waals surface area contributed by atoms with Gasteiger partial charge in [0.05, 0.1) is 29.3 Å². The number of nitrogens with zero attached hydrogens (tertiary/aromatic N) is 6. The van der Waals surface area contributed by atoms with E-state index in [1.807, 2.05) is 30.1 Å². The highest BCUT2D eigenvalue weighted by Crippen LogP contribution is 2.36. The highest BCUT2D eigenvalue weighted by atomic mass is 19.4. The summed E-state index contributed by atoms with van der Waals surface area (Å²) in [4.78, 5) is 34.7. The Bertz CT molecular complexity index is 1960. The van der Waals surface area contributed by atoms with Crippen molar-refractivity contribution in [3.8, 4) is 22.8 Å². The number of amides is 1. The molecule has 0 unspecified atom stereocenters. The number of fused-ring (bicyclic) bond motifs is 2. The lowest BCUT2D eigenvalue weighted by Crippen LogP contribution is -2.44. The number of pyridine rings is 3. The standard InChI is InChI=1S/C35H33F4N7O2/c1-44-10-12-45(13-11-44)21-31-28(35(37,38)39)14-22(18-41-31)15-32(47)46-9-6-23-2-3-26(16-25(23)20-46)48-33-27-17-30(24-4-7-40-8-5-24)43-34(27)42-19-29(33)36/h2-5,7-8,14,16-19H,6,9-13,15,20-21H2,1H3,(H,42,43). The Morgan fingerprint density at radius 1 is 0.958 bits per heavy atom. The highest BCUT2D eigenvalue weighted by molar-refractivity contribution is 5.88. The van der Waals surface area contributed by atoms with Crippen LogP contribution in [-0.4, -0.2) is 80.3 Å². The molecule has 6 heterocycles. The number of carbonyl (C=O) groups excluding carboxylic acids is 1. The number of hydrogen-bond donors (Lipinski definition) is 1. The van der Waals surface area contributed by atoms with Gasteiger partial charge in [-0.1, -0.05) is 6.07 Å². The number of piperazine rings is 1. The molecule has 2 aliphatic rings. The van der Waals surface area contributed by atoms with Crippen molar-refractivity contribution >= 4 is 16.9 Å². The van der Waals surface area contributed by atoms with Gasteiger partial charge in [-0.25, -0.2) is 9.37 Å². The smallest absolute Gasteiger partial charge is 0.418 e. The quantitative estimate of drug-likeness (QED) is 0.220. The zero-order valence-electron chi connectivity index (χ0n) is 26.2. The molecule has 4 aromatic heterocycles. The Morgan fingerprint density at radius 2 is 1.75 bits per heavy atom. The summed E-state index contributed by atoms with van der Waals surface area (Å²) < 4.78 is 63.4. The summed E-state index contributed by atoms with van der Waals surface area (Å²) >= 11 is 0. The topological polar surface area (TPSA) is 90.5 Å². The van der Waals surface area contributed by atoms with E-state index in [-0.39, 0.29) is 42.4 Å². The van der Waals surface area contributed by atoms with E-state index in [4.69, 9.17) is 4.74 Å². The van der Waals surface area contributed by atoms with E-state index in [1.54, 1.807) is 35.5 Å². The predicted molar refractivity (Wildman–Crippen MR) is 171 cm³/mol. The van der Waals surface area contributed by atoms with Crippen molar-refractivity contribution in [3.05, 3.63) is 101 Å². The molecule has 1 aromatic carbocycles. The average molecular weight is 660 g/mol. The number of hydrogen-bond acceptors (Lipinski definition) is 7. The summed E-state index contributed by atoms with van der Waals surface area (Å²) in [5.74, 6) is -0.523. The number of likely N-dealkylation sites (N-methyl/N-ethyl adjacent to an activating group) is 1. The Hall–Kier alpha value is -4.88. The number of aromatic nitrogens is 4. The summed E-state index contributed by atoms with van der Waals surface area (Å²) in [5, 5.41) is 0.470. The number of benzene rings is 1. The van der Waals surface area contributed by atoms with Gasteiger partial charge >= 0.3 is 6.18 Å². The average Bonchev–Trinajstić information content (AvgIpc) is 3.52. The second-order valence-corrected chi connectivity index (χ2v) is 12.3. The normalized spacial score (nSPS) is 15.9. The highest BCUT2D eigenvalue weighted by Gasteiger charge is 2.35. The molecule has 1 fully saturated rings. The van der Waals surface area contributed by atoms with Gasteiger partial charge in [0.1, 0.15) is 11.4 Å². The van der Waals surface area contributed by atoms with Gasteiger partial charge in [0.15, 0.2) is 11.6 Å². The first-order valence-corrected chi connectivity index (χ1v) is 15.7. The van der Waals surface area contributed by atoms with Gasteiger partial charge in [-0.2, -0.15) is 13.2 Å². The molecule has 248 valence electrons. The molecule has 1 amide bonds. The van der Waals surface area contributed by atoms with E-state index in [0.29, 0.717) is 42.8 Å². The second kappa shape index (κ2) is 13.0. The van der Waals surface area contributed by atoms with E-state index in [1.165, 1.54) is 6.20 Å². The van der Waals surface area contributed by atoms with Crippen LogP contribution in [0, 0.1) is 5.82 Å². The predicted octanol–water partition coefficient (Wildman–Crippen LogP) is 5.84. The SMILES string of the molecule is CN1CCN(Cc2ncc(CC(=O)N3CCc4ccc(Oc5c(F)cnc6[nH]c(-c7ccncc7)cc56)cc4C3)cc2C(F)(F)F)CC1. The van der Waals surface area contributed by atoms with Crippen molar-refractivity contribution in [2.75, 3.05) is 39.8 Å². The van der Waals surface area contributed by atoms with Crippen LogP contribution in [0.25, 0.3) is 22.3 Å². The third-order valence-corrected chi connectivity index (χ3v) is 8.98. The molecule has 2 aliphatic heterocycles. The molecule has 0 atom stereocenters. The van der Waals surface area contributed by atoms with Crippen LogP contribution in [0.4, 0.5) is 17.6 Å². The Balaban J connectivity index is 1.06. The minimum Gasteiger partial charge on any atom is -0.453 e. The third kappa shape index (κ3) is 6.74. The Kier molecular flexibility index (Phi) is 8.56. The van der Waals surface area contributed by atoms with Crippen molar-refractivity contribution < 1.29 is 27.1 Å². The maximum Gasteiger partial charge on any atom is 0.418 e. The van der Waals surface area contributed by atoms with Crippen molar-refractivity contribution in [1.82, 2.24) is 34.6 Å². The van der Waals surface area contributed by atoms with Crippen LogP contribution in [0.3, 0.4) is 0 Å². The molecule has 1 saturated heterocycles. The van der Waals surface area contributed by atoms with E-state index in [9.17, 15) is 18.0 Å². The summed E-state index contributed by atoms with van der Waals surface area (Å²) in [6.45, 7) is 3.68. The molecule has 1 N–H and O–H groups in total. The summed E-state index contributed by atoms with van der Waals surface area (Å²) in [6, 6.07) is 11.9. The number of nitrogens with one attached hydrogen (secondary N) is 1. The number of halogens is 4. The molecule has 0 aliphatic carbocycles. The number of alkyl halides is 3. The first-order valence-electron chi connectivity index (χ1n) is 15.7. The van der Waals surface area contributed by atoms with Crippen LogP contribution >= 0.6 is 0 Å². The van der Waals surface area contributed by atoms with Crippen molar-refractivity contribution in [2.45, 2.75) is 32.1 Å². The molecule has 7 rings (SSSR count). The van der Waals surface area contributed by atoms with Crippen LogP contribution in [0.1, 0.15) is 27.9 Å². The third-order valence-electron chi connectivity index (χ3n) is 8.98. The maximum absolute atomic E-state index is 15.0. The second-order valence-electron chi connectivity index (χ2n) is 12.3. The lowest BCUT2D eigenvalue weighted by atomic mass is 9.98. The van der Waals surface area contributed by atoms with Crippen LogP contribution in [0.15, 0.2) is 67.3 Å². The molecular formula is C35H33F4N7O2. The van der Waals surface area contributed by atoms with Gasteiger partial charge in [0, 0.05) is 75.7 Å². The molecule has 9 nitrogen and oxygen atoms in total. The lowest BCUT2D eigenvalue weighted by molar-refractivity contribution is -0.139. The zero-order chi connectivity index (χ0) is 33.4. The summed E-state index contributed by atoms with van der Waals surface area (Å²) in [7, 11) is 1.99.